The van der Waals surface area contributed by atoms with E-state index in [1.807, 2.05) is 60.7 Å². The molecule has 4 rings (SSSR count). The monoisotopic (exact) mass is 402 g/mol. The summed E-state index contributed by atoms with van der Waals surface area (Å²) in [5.41, 5.74) is 4.18. The number of aryl methyl sites for hydroxylation is 1. The predicted molar refractivity (Wildman–Crippen MR) is 114 cm³/mol. The molecule has 1 aliphatic heterocycles. The lowest BCUT2D eigenvalue weighted by Gasteiger charge is -2.18. The number of halogens is 1. The quantitative estimate of drug-likeness (QED) is 0.680. The van der Waals surface area contributed by atoms with Crippen LogP contribution in [-0.2, 0) is 29.4 Å². The molecule has 0 aliphatic carbocycles. The largest absolute Gasteiger partial charge is 0.312 e. The van der Waals surface area contributed by atoms with Gasteiger partial charge < -0.3 is 5.32 Å². The number of hydrogen-bond donors (Lipinski definition) is 2. The Bertz CT molecular complexity index is 1050. The first-order valence-corrected chi connectivity index (χ1v) is 10.6. The van der Waals surface area contributed by atoms with Gasteiger partial charge in [0.15, 0.2) is 0 Å². The smallest absolute Gasteiger partial charge is 0.233 e. The van der Waals surface area contributed by atoms with Gasteiger partial charge in [-0.25, -0.2) is 8.42 Å². The van der Waals surface area contributed by atoms with Crippen LogP contribution in [0.2, 0.25) is 0 Å². The van der Waals surface area contributed by atoms with E-state index < -0.39 is 10.0 Å². The second kappa shape index (κ2) is 8.30. The van der Waals surface area contributed by atoms with Crippen LogP contribution in [0.3, 0.4) is 0 Å². The standard InChI is InChI=1S/C21H22N2O2S.ClH/c24-26(25,23-20-9-8-19-15-22-12-10-18(19)14-20)13-11-17-6-3-5-16-4-1-2-7-21(16)17;/h1-9,14,22-23H,10-13,15H2;1H. The van der Waals surface area contributed by atoms with Crippen molar-refractivity contribution < 1.29 is 8.42 Å². The number of benzene rings is 3. The number of sulfonamides is 1. The van der Waals surface area contributed by atoms with Gasteiger partial charge in [0.2, 0.25) is 10.0 Å². The van der Waals surface area contributed by atoms with E-state index in [2.05, 4.69) is 10.0 Å². The lowest BCUT2D eigenvalue weighted by atomic mass is 10.0. The Hall–Kier alpha value is -2.08. The van der Waals surface area contributed by atoms with E-state index in [0.717, 1.165) is 35.8 Å². The lowest BCUT2D eigenvalue weighted by Crippen LogP contribution is -2.24. The molecule has 1 aliphatic rings. The molecule has 0 unspecified atom stereocenters. The molecule has 0 saturated carbocycles. The lowest BCUT2D eigenvalue weighted by molar-refractivity contribution is 0.600. The minimum absolute atomic E-state index is 0. The molecule has 0 saturated heterocycles. The molecule has 4 nitrogen and oxygen atoms in total. The maximum absolute atomic E-state index is 12.6. The van der Waals surface area contributed by atoms with Gasteiger partial charge in [0.25, 0.3) is 0 Å². The summed E-state index contributed by atoms with van der Waals surface area (Å²) in [6, 6.07) is 19.9. The molecule has 3 aromatic carbocycles. The first kappa shape index (κ1) is 19.7. The van der Waals surface area contributed by atoms with E-state index in [1.54, 1.807) is 0 Å². The van der Waals surface area contributed by atoms with E-state index in [-0.39, 0.29) is 18.2 Å². The van der Waals surface area contributed by atoms with Crippen LogP contribution in [0.1, 0.15) is 16.7 Å². The Labute approximate surface area is 166 Å². The highest BCUT2D eigenvalue weighted by Crippen LogP contribution is 2.22. The number of fused-ring (bicyclic) bond motifs is 2. The molecule has 142 valence electrons. The van der Waals surface area contributed by atoms with Gasteiger partial charge in [0, 0.05) is 12.2 Å². The average molecular weight is 403 g/mol. The molecule has 2 N–H and O–H groups in total. The first-order chi connectivity index (χ1) is 12.6. The summed E-state index contributed by atoms with van der Waals surface area (Å²) < 4.78 is 27.8. The summed E-state index contributed by atoms with van der Waals surface area (Å²) in [6.07, 6.45) is 1.42. The van der Waals surface area contributed by atoms with Gasteiger partial charge in [-0.3, -0.25) is 4.72 Å². The number of anilines is 1. The Morgan fingerprint density at radius 2 is 1.78 bits per heavy atom. The van der Waals surface area contributed by atoms with Crippen molar-refractivity contribution in [3.8, 4) is 0 Å². The van der Waals surface area contributed by atoms with E-state index in [1.165, 1.54) is 11.1 Å². The fourth-order valence-corrected chi connectivity index (χ4v) is 4.60. The predicted octanol–water partition coefficient (Wildman–Crippen LogP) is 3.89. The highest BCUT2D eigenvalue weighted by Gasteiger charge is 2.14. The van der Waals surface area contributed by atoms with Crippen molar-refractivity contribution in [2.24, 2.45) is 0 Å². The second-order valence-corrected chi connectivity index (χ2v) is 8.56. The molecule has 0 fully saturated rings. The molecule has 0 bridgehead atoms. The van der Waals surface area contributed by atoms with Crippen molar-refractivity contribution in [2.75, 3.05) is 17.0 Å². The van der Waals surface area contributed by atoms with Crippen LogP contribution in [0.25, 0.3) is 10.8 Å². The van der Waals surface area contributed by atoms with Gasteiger partial charge in [0.1, 0.15) is 0 Å². The average Bonchev–Trinajstić information content (AvgIpc) is 2.66. The molecular weight excluding hydrogens is 380 g/mol. The van der Waals surface area contributed by atoms with E-state index >= 15 is 0 Å². The molecule has 0 radical (unpaired) electrons. The summed E-state index contributed by atoms with van der Waals surface area (Å²) in [4.78, 5) is 0. The van der Waals surface area contributed by atoms with E-state index in [9.17, 15) is 8.42 Å². The van der Waals surface area contributed by atoms with Crippen LogP contribution in [-0.4, -0.2) is 20.7 Å². The molecule has 3 aromatic rings. The van der Waals surface area contributed by atoms with Crippen LogP contribution < -0.4 is 10.0 Å². The highest BCUT2D eigenvalue weighted by molar-refractivity contribution is 7.92. The van der Waals surface area contributed by atoms with Gasteiger partial charge >= 0.3 is 0 Å². The minimum Gasteiger partial charge on any atom is -0.312 e. The number of nitrogens with one attached hydrogen (secondary N) is 2. The van der Waals surface area contributed by atoms with E-state index in [4.69, 9.17) is 0 Å². The van der Waals surface area contributed by atoms with Crippen molar-refractivity contribution in [3.05, 3.63) is 77.4 Å². The minimum atomic E-state index is -3.39. The topological polar surface area (TPSA) is 58.2 Å². The van der Waals surface area contributed by atoms with Gasteiger partial charge in [-0.2, -0.15) is 0 Å². The summed E-state index contributed by atoms with van der Waals surface area (Å²) in [6.45, 7) is 1.79. The summed E-state index contributed by atoms with van der Waals surface area (Å²) in [5, 5.41) is 5.58. The Morgan fingerprint density at radius 1 is 0.963 bits per heavy atom. The van der Waals surface area contributed by atoms with E-state index in [0.29, 0.717) is 12.1 Å². The third-order valence-corrected chi connectivity index (χ3v) is 6.17. The van der Waals surface area contributed by atoms with Crippen molar-refractivity contribution >= 4 is 38.9 Å². The molecule has 0 atom stereocenters. The fraction of sp³-hybridized carbons (Fsp3) is 0.238. The number of rotatable bonds is 5. The molecular formula is C21H23ClN2O2S. The Balaban J connectivity index is 0.00000210. The third-order valence-electron chi connectivity index (χ3n) is 4.89. The van der Waals surface area contributed by atoms with Gasteiger partial charge in [-0.15, -0.1) is 12.4 Å². The SMILES string of the molecule is Cl.O=S(=O)(CCc1cccc2ccccc12)Nc1ccc2c(c1)CCNC2. The van der Waals surface area contributed by atoms with Crippen LogP contribution >= 0.6 is 12.4 Å². The van der Waals surface area contributed by atoms with Gasteiger partial charge in [-0.05, 0) is 59.0 Å². The van der Waals surface area contributed by atoms with Crippen molar-refractivity contribution in [1.29, 1.82) is 0 Å². The number of hydrogen-bond acceptors (Lipinski definition) is 3. The van der Waals surface area contributed by atoms with Crippen molar-refractivity contribution in [1.82, 2.24) is 5.32 Å². The summed E-state index contributed by atoms with van der Waals surface area (Å²) in [5.74, 6) is 0.0691. The fourth-order valence-electron chi connectivity index (χ4n) is 3.53. The summed E-state index contributed by atoms with van der Waals surface area (Å²) in [7, 11) is -3.39. The maximum Gasteiger partial charge on any atom is 0.233 e. The molecule has 27 heavy (non-hydrogen) atoms. The van der Waals surface area contributed by atoms with Crippen LogP contribution in [0.5, 0.6) is 0 Å². The zero-order chi connectivity index (χ0) is 18.0. The molecule has 0 spiro atoms. The maximum atomic E-state index is 12.6. The van der Waals surface area contributed by atoms with Gasteiger partial charge in [-0.1, -0.05) is 48.5 Å². The molecule has 0 aromatic heterocycles. The van der Waals surface area contributed by atoms with Crippen LogP contribution in [0.15, 0.2) is 60.7 Å². The zero-order valence-corrected chi connectivity index (χ0v) is 16.6. The van der Waals surface area contributed by atoms with Crippen molar-refractivity contribution in [2.45, 2.75) is 19.4 Å². The molecule has 1 heterocycles. The van der Waals surface area contributed by atoms with Crippen LogP contribution in [0, 0.1) is 0 Å². The third kappa shape index (κ3) is 4.61. The van der Waals surface area contributed by atoms with Crippen molar-refractivity contribution in [3.63, 3.8) is 0 Å². The Kier molecular flexibility index (Phi) is 6.05. The van der Waals surface area contributed by atoms with Crippen LogP contribution in [0.4, 0.5) is 5.69 Å². The second-order valence-electron chi connectivity index (χ2n) is 6.72. The zero-order valence-electron chi connectivity index (χ0n) is 14.9. The molecule has 6 heteroatoms. The summed E-state index contributed by atoms with van der Waals surface area (Å²) >= 11 is 0. The first-order valence-electron chi connectivity index (χ1n) is 8.90. The van der Waals surface area contributed by atoms with Gasteiger partial charge in [0.05, 0.1) is 5.75 Å². The molecule has 0 amide bonds. The normalized spacial score (nSPS) is 13.6. The Morgan fingerprint density at radius 3 is 2.67 bits per heavy atom. The highest BCUT2D eigenvalue weighted by atomic mass is 35.5.